The van der Waals surface area contributed by atoms with Crippen LogP contribution in [0.4, 0.5) is 8.78 Å². The lowest BCUT2D eigenvalue weighted by atomic mass is 9.93. The summed E-state index contributed by atoms with van der Waals surface area (Å²) in [4.78, 5) is 19.1. The number of hydrogen-bond donors (Lipinski definition) is 3. The molecule has 1 aromatic heterocycles. The van der Waals surface area contributed by atoms with E-state index in [-0.39, 0.29) is 28.5 Å². The molecule has 2 aliphatic carbocycles. The van der Waals surface area contributed by atoms with E-state index in [1.807, 2.05) is 26.2 Å². The molecule has 2 aromatic rings. The number of alkyl halides is 2. The Morgan fingerprint density at radius 3 is 2.72 bits per heavy atom. The van der Waals surface area contributed by atoms with E-state index in [1.54, 1.807) is 17.9 Å². The van der Waals surface area contributed by atoms with E-state index < -0.39 is 23.8 Å². The summed E-state index contributed by atoms with van der Waals surface area (Å²) in [6.45, 7) is 1.78. The molecule has 2 saturated carbocycles. The summed E-state index contributed by atoms with van der Waals surface area (Å²) in [6.07, 6.45) is 1.45. The number of halogens is 2. The van der Waals surface area contributed by atoms with Gasteiger partial charge in [0, 0.05) is 23.0 Å². The first-order valence-electron chi connectivity index (χ1n) is 12.8. The fraction of sp³-hybridized carbons (Fsp3) is 0.464. The number of carbonyl (C=O) groups is 1. The SMILES string of the molecule is COc1cnc(C(F)F)cc1-c1cc(C2CC2[C@](C)(O)N(C)C)ccc1C(=O)NC1=NNC(C#CC2CC2)S1. The van der Waals surface area contributed by atoms with Crippen LogP contribution in [0.25, 0.3) is 11.1 Å². The first-order chi connectivity index (χ1) is 18.6. The highest BCUT2D eigenvalue weighted by molar-refractivity contribution is 8.14. The molecule has 0 radical (unpaired) electrons. The number of rotatable bonds is 7. The number of aliphatic hydroxyl groups is 1. The number of methoxy groups -OCH3 is 1. The number of nitrogens with one attached hydrogen (secondary N) is 2. The van der Waals surface area contributed by atoms with Crippen LogP contribution in [-0.2, 0) is 0 Å². The molecule has 0 bridgehead atoms. The highest BCUT2D eigenvalue weighted by atomic mass is 32.2. The average molecular weight is 556 g/mol. The third-order valence-electron chi connectivity index (χ3n) is 7.47. The standard InChI is InChI=1S/C28H31F2N5O3S/c1-28(37,35(2)3)21-12-18(21)16-8-9-17(19(11-16)20-13-22(25(29)30)31-14-23(20)38-4)26(36)32-27-34-33-24(39-27)10-7-15-5-6-15/h8-9,11,13-15,18,21,24-25,33,37H,5-6,12H2,1-4H3,(H,32,34,36)/t18?,21?,24?,28-/m0/s1. The Balaban J connectivity index is 1.47. The smallest absolute Gasteiger partial charge is 0.280 e. The average Bonchev–Trinajstić information content (AvgIpc) is 3.85. The second-order valence-electron chi connectivity index (χ2n) is 10.4. The highest BCUT2D eigenvalue weighted by Crippen LogP contribution is 2.54. The molecule has 3 unspecified atom stereocenters. The minimum absolute atomic E-state index is 0.0139. The number of aromatic nitrogens is 1. The van der Waals surface area contributed by atoms with E-state index in [0.29, 0.717) is 22.2 Å². The predicted octanol–water partition coefficient (Wildman–Crippen LogP) is 4.15. The second kappa shape index (κ2) is 10.8. The van der Waals surface area contributed by atoms with Gasteiger partial charge in [-0.15, -0.1) is 0 Å². The Kier molecular flexibility index (Phi) is 7.55. The van der Waals surface area contributed by atoms with Crippen molar-refractivity contribution in [1.29, 1.82) is 0 Å². The van der Waals surface area contributed by atoms with Crippen LogP contribution in [0.5, 0.6) is 5.75 Å². The van der Waals surface area contributed by atoms with Gasteiger partial charge in [-0.3, -0.25) is 25.4 Å². The zero-order valence-corrected chi connectivity index (χ0v) is 23.0. The number of amides is 1. The minimum atomic E-state index is -2.79. The number of amidine groups is 1. The summed E-state index contributed by atoms with van der Waals surface area (Å²) in [5.41, 5.74) is 3.42. The lowest BCUT2D eigenvalue weighted by molar-refractivity contribution is -0.0856. The highest BCUT2D eigenvalue weighted by Gasteiger charge is 2.51. The molecule has 11 heteroatoms. The van der Waals surface area contributed by atoms with Crippen molar-refractivity contribution < 1.29 is 23.4 Å². The van der Waals surface area contributed by atoms with Crippen molar-refractivity contribution in [2.45, 2.75) is 49.6 Å². The molecule has 2 heterocycles. The fourth-order valence-electron chi connectivity index (χ4n) is 4.65. The van der Waals surface area contributed by atoms with Crippen molar-refractivity contribution in [3.05, 3.63) is 47.3 Å². The van der Waals surface area contributed by atoms with Crippen LogP contribution in [0.15, 0.2) is 35.6 Å². The van der Waals surface area contributed by atoms with Crippen molar-refractivity contribution in [1.82, 2.24) is 20.6 Å². The van der Waals surface area contributed by atoms with E-state index >= 15 is 0 Å². The second-order valence-corrected chi connectivity index (χ2v) is 11.5. The number of thioether (sulfide) groups is 1. The summed E-state index contributed by atoms with van der Waals surface area (Å²) in [5.74, 6) is 6.62. The minimum Gasteiger partial charge on any atom is -0.494 e. The van der Waals surface area contributed by atoms with Crippen molar-refractivity contribution in [2.24, 2.45) is 16.9 Å². The van der Waals surface area contributed by atoms with Crippen LogP contribution in [0.2, 0.25) is 0 Å². The van der Waals surface area contributed by atoms with Gasteiger partial charge < -0.3 is 9.84 Å². The van der Waals surface area contributed by atoms with Crippen LogP contribution in [0, 0.1) is 23.7 Å². The summed E-state index contributed by atoms with van der Waals surface area (Å²) >= 11 is 1.31. The molecule has 1 aliphatic heterocycles. The lowest BCUT2D eigenvalue weighted by Crippen LogP contribution is -2.43. The van der Waals surface area contributed by atoms with Crippen LogP contribution >= 0.6 is 11.8 Å². The number of pyridine rings is 1. The number of hydrazone groups is 1. The van der Waals surface area contributed by atoms with E-state index in [1.165, 1.54) is 31.1 Å². The van der Waals surface area contributed by atoms with Gasteiger partial charge in [-0.05, 0) is 87.3 Å². The first-order valence-corrected chi connectivity index (χ1v) is 13.6. The van der Waals surface area contributed by atoms with Gasteiger partial charge >= 0.3 is 0 Å². The molecule has 5 rings (SSSR count). The van der Waals surface area contributed by atoms with E-state index in [0.717, 1.165) is 24.8 Å². The molecule has 4 atom stereocenters. The fourth-order valence-corrected chi connectivity index (χ4v) is 5.36. The van der Waals surface area contributed by atoms with Crippen LogP contribution in [0.3, 0.4) is 0 Å². The number of benzene rings is 1. The quantitative estimate of drug-likeness (QED) is 0.349. The zero-order valence-electron chi connectivity index (χ0n) is 22.2. The topological polar surface area (TPSA) is 99.1 Å². The van der Waals surface area contributed by atoms with E-state index in [4.69, 9.17) is 4.74 Å². The maximum absolute atomic E-state index is 13.6. The Bertz CT molecular complexity index is 1370. The lowest BCUT2D eigenvalue weighted by Gasteiger charge is -2.31. The monoisotopic (exact) mass is 555 g/mol. The Labute approximate surface area is 230 Å². The molecule has 3 N–H and O–H groups in total. The maximum atomic E-state index is 13.6. The van der Waals surface area contributed by atoms with Crippen LogP contribution < -0.4 is 15.5 Å². The van der Waals surface area contributed by atoms with E-state index in [9.17, 15) is 18.7 Å². The van der Waals surface area contributed by atoms with Crippen molar-refractivity contribution in [3.63, 3.8) is 0 Å². The maximum Gasteiger partial charge on any atom is 0.280 e. The van der Waals surface area contributed by atoms with Gasteiger partial charge in [0.1, 0.15) is 17.2 Å². The molecular formula is C28H31F2N5O3S. The number of carbonyl (C=O) groups excluding carboxylic acids is 1. The molecule has 0 spiro atoms. The number of hydrogen-bond acceptors (Lipinski definition) is 8. The predicted molar refractivity (Wildman–Crippen MR) is 146 cm³/mol. The Morgan fingerprint density at radius 2 is 2.05 bits per heavy atom. The van der Waals surface area contributed by atoms with Gasteiger partial charge in [0.2, 0.25) is 0 Å². The zero-order chi connectivity index (χ0) is 27.9. The van der Waals surface area contributed by atoms with Crippen LogP contribution in [-0.4, -0.2) is 58.4 Å². The number of nitrogens with zero attached hydrogens (tertiary/aromatic N) is 3. The molecule has 0 saturated heterocycles. The van der Waals surface area contributed by atoms with E-state index in [2.05, 4.69) is 32.7 Å². The molecule has 39 heavy (non-hydrogen) atoms. The molecule has 1 amide bonds. The third kappa shape index (κ3) is 5.88. The summed E-state index contributed by atoms with van der Waals surface area (Å²) in [5, 5.41) is 18.1. The third-order valence-corrected chi connectivity index (χ3v) is 8.34. The van der Waals surface area contributed by atoms with Crippen molar-refractivity contribution in [3.8, 4) is 28.7 Å². The molecule has 2 fully saturated rings. The van der Waals surface area contributed by atoms with Gasteiger partial charge in [-0.25, -0.2) is 8.78 Å². The summed E-state index contributed by atoms with van der Waals surface area (Å²) in [6, 6.07) is 6.61. The molecule has 1 aromatic carbocycles. The van der Waals surface area contributed by atoms with Gasteiger partial charge in [-0.1, -0.05) is 17.9 Å². The van der Waals surface area contributed by atoms with Gasteiger partial charge in [0.25, 0.3) is 12.3 Å². The van der Waals surface area contributed by atoms with Gasteiger partial charge in [-0.2, -0.15) is 5.10 Å². The molecule has 206 valence electrons. The molecule has 3 aliphatic rings. The normalized spacial score (nSPS) is 23.4. The van der Waals surface area contributed by atoms with Crippen LogP contribution in [0.1, 0.15) is 60.1 Å². The first kappa shape index (κ1) is 27.4. The molecular weight excluding hydrogens is 524 g/mol. The van der Waals surface area contributed by atoms with Gasteiger partial charge in [0.15, 0.2) is 10.5 Å². The Morgan fingerprint density at radius 1 is 1.28 bits per heavy atom. The summed E-state index contributed by atoms with van der Waals surface area (Å²) in [7, 11) is 5.07. The molecule has 8 nitrogen and oxygen atoms in total. The number of ether oxygens (including phenoxy) is 1. The van der Waals surface area contributed by atoms with Crippen molar-refractivity contribution >= 4 is 22.8 Å². The largest absolute Gasteiger partial charge is 0.494 e. The van der Waals surface area contributed by atoms with Crippen molar-refractivity contribution in [2.75, 3.05) is 21.2 Å². The Hall–Kier alpha value is -3.20. The summed E-state index contributed by atoms with van der Waals surface area (Å²) < 4.78 is 32.7. The van der Waals surface area contributed by atoms with Gasteiger partial charge in [0.05, 0.1) is 13.3 Å².